The van der Waals surface area contributed by atoms with Gasteiger partial charge in [0.1, 0.15) is 0 Å². The maximum atomic E-state index is 5.61. The summed E-state index contributed by atoms with van der Waals surface area (Å²) in [5.74, 6) is 2.20. The van der Waals surface area contributed by atoms with E-state index in [1.165, 1.54) is 18.6 Å². The van der Waals surface area contributed by atoms with Crippen LogP contribution in [0.3, 0.4) is 0 Å². The van der Waals surface area contributed by atoms with Crippen LogP contribution in [0.15, 0.2) is 18.3 Å². The molecule has 0 aliphatic carbocycles. The highest BCUT2D eigenvalue weighted by Gasteiger charge is 2.21. The average Bonchev–Trinajstić information content (AvgIpc) is 2.96. The minimum atomic E-state index is 0.487. The topological polar surface area (TPSA) is 56.2 Å². The molecule has 84 valence electrons. The van der Waals surface area contributed by atoms with E-state index < -0.39 is 0 Å². The maximum absolute atomic E-state index is 5.61. The fraction of sp³-hybridized carbons (Fsp3) is 0.455. The molecule has 1 aliphatic rings. The van der Waals surface area contributed by atoms with Gasteiger partial charge < -0.3 is 5.73 Å². The summed E-state index contributed by atoms with van der Waals surface area (Å²) in [4.78, 5) is 4.58. The SMILES string of the molecule is NCc1ccn2nc(C3CCCS3)nc2c1. The predicted molar refractivity (Wildman–Crippen MR) is 65.3 cm³/mol. The van der Waals surface area contributed by atoms with E-state index in [0.29, 0.717) is 11.8 Å². The van der Waals surface area contributed by atoms with E-state index in [2.05, 4.69) is 10.1 Å². The Morgan fingerprint density at radius 3 is 3.25 bits per heavy atom. The molecule has 2 aromatic rings. The van der Waals surface area contributed by atoms with Crippen molar-refractivity contribution in [3.8, 4) is 0 Å². The van der Waals surface area contributed by atoms with E-state index in [9.17, 15) is 0 Å². The zero-order valence-electron chi connectivity index (χ0n) is 8.97. The fourth-order valence-electron chi connectivity index (χ4n) is 1.99. The Bertz CT molecular complexity index is 502. The molecule has 16 heavy (non-hydrogen) atoms. The van der Waals surface area contributed by atoms with Crippen LogP contribution in [-0.4, -0.2) is 20.4 Å². The number of nitrogens with zero attached hydrogens (tertiary/aromatic N) is 3. The molecule has 0 bridgehead atoms. The Labute approximate surface area is 98.2 Å². The quantitative estimate of drug-likeness (QED) is 0.860. The van der Waals surface area contributed by atoms with Gasteiger partial charge in [-0.05, 0) is 36.3 Å². The molecule has 0 spiro atoms. The van der Waals surface area contributed by atoms with Gasteiger partial charge in [-0.2, -0.15) is 16.9 Å². The number of nitrogens with two attached hydrogens (primary N) is 1. The molecular formula is C11H14N4S. The van der Waals surface area contributed by atoms with Crippen LogP contribution in [0.5, 0.6) is 0 Å². The highest BCUT2D eigenvalue weighted by molar-refractivity contribution is 7.99. The Morgan fingerprint density at radius 1 is 1.56 bits per heavy atom. The Balaban J connectivity index is 2.01. The van der Waals surface area contributed by atoms with Gasteiger partial charge in [-0.15, -0.1) is 0 Å². The van der Waals surface area contributed by atoms with Gasteiger partial charge in [0, 0.05) is 12.7 Å². The van der Waals surface area contributed by atoms with E-state index in [1.54, 1.807) is 0 Å². The van der Waals surface area contributed by atoms with Gasteiger partial charge in [0.05, 0.1) is 5.25 Å². The van der Waals surface area contributed by atoms with Crippen molar-refractivity contribution in [1.29, 1.82) is 0 Å². The van der Waals surface area contributed by atoms with E-state index >= 15 is 0 Å². The molecule has 1 fully saturated rings. The zero-order chi connectivity index (χ0) is 11.0. The van der Waals surface area contributed by atoms with Crippen molar-refractivity contribution in [3.63, 3.8) is 0 Å². The molecule has 3 heterocycles. The highest BCUT2D eigenvalue weighted by Crippen LogP contribution is 2.38. The summed E-state index contributed by atoms with van der Waals surface area (Å²) in [6.45, 7) is 0.552. The van der Waals surface area contributed by atoms with Gasteiger partial charge in [-0.25, -0.2) is 9.50 Å². The van der Waals surface area contributed by atoms with E-state index in [4.69, 9.17) is 5.73 Å². The van der Waals surface area contributed by atoms with Crippen LogP contribution in [-0.2, 0) is 6.54 Å². The predicted octanol–water partition coefficient (Wildman–Crippen LogP) is 1.76. The van der Waals surface area contributed by atoms with Crippen molar-refractivity contribution >= 4 is 17.4 Å². The summed E-state index contributed by atoms with van der Waals surface area (Å²) in [5, 5.41) is 5.00. The Hall–Kier alpha value is -1.07. The Morgan fingerprint density at radius 2 is 2.50 bits per heavy atom. The third-order valence-corrected chi connectivity index (χ3v) is 4.24. The number of fused-ring (bicyclic) bond motifs is 1. The second kappa shape index (κ2) is 4.07. The van der Waals surface area contributed by atoms with Crippen LogP contribution in [0, 0.1) is 0 Å². The second-order valence-electron chi connectivity index (χ2n) is 4.01. The minimum Gasteiger partial charge on any atom is -0.326 e. The van der Waals surface area contributed by atoms with Gasteiger partial charge in [0.15, 0.2) is 11.5 Å². The first kappa shape index (κ1) is 10.1. The van der Waals surface area contributed by atoms with Crippen LogP contribution in [0.2, 0.25) is 0 Å². The molecule has 5 heteroatoms. The monoisotopic (exact) mass is 234 g/mol. The van der Waals surface area contributed by atoms with Crippen LogP contribution < -0.4 is 5.73 Å². The molecule has 4 nitrogen and oxygen atoms in total. The van der Waals surface area contributed by atoms with Gasteiger partial charge in [0.25, 0.3) is 0 Å². The third-order valence-electron chi connectivity index (χ3n) is 2.87. The molecule has 0 saturated carbocycles. The number of pyridine rings is 1. The van der Waals surface area contributed by atoms with Crippen molar-refractivity contribution in [3.05, 3.63) is 29.7 Å². The normalized spacial score (nSPS) is 20.7. The lowest BCUT2D eigenvalue weighted by atomic mass is 10.2. The minimum absolute atomic E-state index is 0.487. The van der Waals surface area contributed by atoms with Gasteiger partial charge in [0.2, 0.25) is 0 Å². The lowest BCUT2D eigenvalue weighted by Gasteiger charge is -1.99. The van der Waals surface area contributed by atoms with Crippen molar-refractivity contribution in [2.75, 3.05) is 5.75 Å². The smallest absolute Gasteiger partial charge is 0.164 e. The van der Waals surface area contributed by atoms with Crippen molar-refractivity contribution in [2.45, 2.75) is 24.6 Å². The summed E-state index contributed by atoms with van der Waals surface area (Å²) in [7, 11) is 0. The van der Waals surface area contributed by atoms with E-state index in [0.717, 1.165) is 17.0 Å². The van der Waals surface area contributed by atoms with Crippen LogP contribution in [0.4, 0.5) is 0 Å². The number of rotatable bonds is 2. The van der Waals surface area contributed by atoms with Crippen molar-refractivity contribution in [1.82, 2.24) is 14.6 Å². The van der Waals surface area contributed by atoms with Crippen molar-refractivity contribution in [2.24, 2.45) is 5.73 Å². The lowest BCUT2D eigenvalue weighted by Crippen LogP contribution is -1.97. The summed E-state index contributed by atoms with van der Waals surface area (Å²) < 4.78 is 1.84. The summed E-state index contributed by atoms with van der Waals surface area (Å²) in [6, 6.07) is 4.00. The van der Waals surface area contributed by atoms with E-state index in [-0.39, 0.29) is 0 Å². The maximum Gasteiger partial charge on any atom is 0.164 e. The first-order valence-electron chi connectivity index (χ1n) is 5.54. The first-order valence-corrected chi connectivity index (χ1v) is 6.58. The molecule has 1 saturated heterocycles. The molecule has 0 aromatic carbocycles. The molecule has 0 amide bonds. The second-order valence-corrected chi connectivity index (χ2v) is 5.32. The van der Waals surface area contributed by atoms with Gasteiger partial charge in [-0.3, -0.25) is 0 Å². The number of aromatic nitrogens is 3. The van der Waals surface area contributed by atoms with E-state index in [1.807, 2.05) is 34.6 Å². The number of hydrogen-bond donors (Lipinski definition) is 1. The molecule has 1 aliphatic heterocycles. The number of hydrogen-bond acceptors (Lipinski definition) is 4. The molecule has 3 rings (SSSR count). The largest absolute Gasteiger partial charge is 0.326 e. The Kier molecular flexibility index (Phi) is 2.57. The molecule has 2 N–H and O–H groups in total. The third kappa shape index (κ3) is 1.70. The fourth-order valence-corrected chi connectivity index (χ4v) is 3.19. The average molecular weight is 234 g/mol. The molecule has 1 atom stereocenters. The summed E-state index contributed by atoms with van der Waals surface area (Å²) in [6.07, 6.45) is 4.41. The number of thioether (sulfide) groups is 1. The summed E-state index contributed by atoms with van der Waals surface area (Å²) >= 11 is 1.96. The highest BCUT2D eigenvalue weighted by atomic mass is 32.2. The molecule has 1 unspecified atom stereocenters. The first-order chi connectivity index (χ1) is 7.86. The van der Waals surface area contributed by atoms with Gasteiger partial charge in [-0.1, -0.05) is 0 Å². The van der Waals surface area contributed by atoms with Crippen molar-refractivity contribution < 1.29 is 0 Å². The van der Waals surface area contributed by atoms with Crippen LogP contribution in [0.25, 0.3) is 5.65 Å². The van der Waals surface area contributed by atoms with Gasteiger partial charge >= 0.3 is 0 Å². The van der Waals surface area contributed by atoms with Crippen LogP contribution in [0.1, 0.15) is 29.5 Å². The van der Waals surface area contributed by atoms with Crippen LogP contribution >= 0.6 is 11.8 Å². The molecule has 2 aromatic heterocycles. The molecular weight excluding hydrogens is 220 g/mol. The lowest BCUT2D eigenvalue weighted by molar-refractivity contribution is 0.770. The molecule has 0 radical (unpaired) electrons. The standard InChI is InChI=1S/C11H14N4S/c12-7-8-3-4-15-10(6-8)13-11(14-15)9-2-1-5-16-9/h3-4,6,9H,1-2,5,7,12H2. The summed E-state index contributed by atoms with van der Waals surface area (Å²) in [5.41, 5.74) is 7.62. The zero-order valence-corrected chi connectivity index (χ0v) is 9.78.